The number of H-pyrrole nitrogens is 1. The number of primary amides is 1. The van der Waals surface area contributed by atoms with E-state index in [9.17, 15) is 4.79 Å². The van der Waals surface area contributed by atoms with Gasteiger partial charge in [-0.05, 0) is 62.5 Å². The molecule has 1 amide bonds. The van der Waals surface area contributed by atoms with Gasteiger partial charge in [-0.25, -0.2) is 9.97 Å². The molecule has 2 aliphatic rings. The van der Waals surface area contributed by atoms with E-state index in [1.165, 1.54) is 56.9 Å². The van der Waals surface area contributed by atoms with Gasteiger partial charge in [0.25, 0.3) is 5.91 Å². The van der Waals surface area contributed by atoms with Gasteiger partial charge in [-0.1, -0.05) is 31.7 Å². The fourth-order valence-electron chi connectivity index (χ4n) is 6.31. The molecule has 3 N–H and O–H groups in total. The standard InChI is InChI=1S/C29H37N7O/c1-34(14-15-35-12-6-3-7-13-35)25-17-22(27-28(32-18-31-27)26(25)29(30)37)20-10-11-24-23(16-20)33-19-36(24)21-8-4-2-5-9-21/h10-11,16-19,21H,2-9,12-15H2,1H3,(H2,30,37)(H,31,32). The summed E-state index contributed by atoms with van der Waals surface area (Å²) < 4.78 is 2.36. The highest BCUT2D eigenvalue weighted by molar-refractivity contribution is 6.13. The van der Waals surface area contributed by atoms with Crippen LogP contribution in [0.15, 0.2) is 36.9 Å². The molecule has 1 saturated heterocycles. The Balaban J connectivity index is 1.38. The molecule has 194 valence electrons. The third kappa shape index (κ3) is 4.59. The average molecular weight is 500 g/mol. The van der Waals surface area contributed by atoms with Crippen LogP contribution in [-0.4, -0.2) is 63.6 Å². The Labute approximate surface area is 217 Å². The molecular formula is C29H37N7O. The molecule has 37 heavy (non-hydrogen) atoms. The normalized spacial score (nSPS) is 17.5. The first-order valence-electron chi connectivity index (χ1n) is 13.8. The van der Waals surface area contributed by atoms with Crippen LogP contribution in [0.4, 0.5) is 5.69 Å². The van der Waals surface area contributed by atoms with Crippen molar-refractivity contribution in [3.8, 4) is 11.1 Å². The summed E-state index contributed by atoms with van der Waals surface area (Å²) in [6, 6.07) is 9.12. The predicted octanol–water partition coefficient (Wildman–Crippen LogP) is 5.11. The SMILES string of the molecule is CN(CCN1CCCCC1)c1cc(-c2ccc3c(c2)ncn3C2CCCCC2)c2nc[nH]c2c1C(N)=O. The van der Waals surface area contributed by atoms with Gasteiger partial charge >= 0.3 is 0 Å². The van der Waals surface area contributed by atoms with Crippen LogP contribution in [0.3, 0.4) is 0 Å². The fraction of sp³-hybridized carbons (Fsp3) is 0.483. The van der Waals surface area contributed by atoms with Gasteiger partial charge in [-0.3, -0.25) is 4.79 Å². The zero-order valence-corrected chi connectivity index (χ0v) is 21.7. The van der Waals surface area contributed by atoms with E-state index in [4.69, 9.17) is 10.7 Å². The van der Waals surface area contributed by atoms with Crippen LogP contribution in [0.5, 0.6) is 0 Å². The summed E-state index contributed by atoms with van der Waals surface area (Å²) in [6.45, 7) is 4.09. The minimum atomic E-state index is -0.442. The predicted molar refractivity (Wildman–Crippen MR) is 149 cm³/mol. The lowest BCUT2D eigenvalue weighted by Crippen LogP contribution is -2.37. The van der Waals surface area contributed by atoms with Crippen molar-refractivity contribution in [2.75, 3.05) is 38.1 Å². The van der Waals surface area contributed by atoms with Crippen LogP contribution in [0.25, 0.3) is 33.2 Å². The Kier molecular flexibility index (Phi) is 6.59. The van der Waals surface area contributed by atoms with E-state index in [0.29, 0.717) is 17.1 Å². The molecule has 8 nitrogen and oxygen atoms in total. The molecule has 0 spiro atoms. The summed E-state index contributed by atoms with van der Waals surface area (Å²) in [4.78, 5) is 29.9. The molecule has 3 heterocycles. The van der Waals surface area contributed by atoms with Crippen LogP contribution in [-0.2, 0) is 0 Å². The Morgan fingerprint density at radius 3 is 2.65 bits per heavy atom. The second-order valence-corrected chi connectivity index (χ2v) is 10.8. The van der Waals surface area contributed by atoms with E-state index in [0.717, 1.165) is 54.0 Å². The summed E-state index contributed by atoms with van der Waals surface area (Å²) >= 11 is 0. The van der Waals surface area contributed by atoms with Gasteiger partial charge in [-0.2, -0.15) is 0 Å². The maximum atomic E-state index is 12.6. The molecule has 4 aromatic rings. The Bertz CT molecular complexity index is 1410. The number of anilines is 1. The van der Waals surface area contributed by atoms with E-state index in [1.807, 2.05) is 13.4 Å². The Hall–Kier alpha value is -3.39. The number of rotatable bonds is 7. The first kappa shape index (κ1) is 24.0. The summed E-state index contributed by atoms with van der Waals surface area (Å²) in [5.74, 6) is -0.442. The molecule has 2 aromatic heterocycles. The Morgan fingerprint density at radius 1 is 1.08 bits per heavy atom. The summed E-state index contributed by atoms with van der Waals surface area (Å²) in [6.07, 6.45) is 13.9. The van der Waals surface area contributed by atoms with Gasteiger partial charge in [0.05, 0.1) is 46.0 Å². The minimum absolute atomic E-state index is 0.442. The number of carbonyl (C=O) groups is 1. The number of carbonyl (C=O) groups excluding carboxylic acids is 1. The molecule has 2 aromatic carbocycles. The van der Waals surface area contributed by atoms with Gasteiger partial charge < -0.3 is 25.1 Å². The van der Waals surface area contributed by atoms with Gasteiger partial charge in [0.15, 0.2) is 0 Å². The molecule has 8 heteroatoms. The van der Waals surface area contributed by atoms with Crippen LogP contribution in [0.2, 0.25) is 0 Å². The lowest BCUT2D eigenvalue weighted by Gasteiger charge is -2.30. The summed E-state index contributed by atoms with van der Waals surface area (Å²) in [7, 11) is 2.05. The number of nitrogens with zero attached hydrogens (tertiary/aromatic N) is 5. The number of nitrogens with one attached hydrogen (secondary N) is 1. The topological polar surface area (TPSA) is 96.1 Å². The second-order valence-electron chi connectivity index (χ2n) is 10.8. The van der Waals surface area contributed by atoms with E-state index < -0.39 is 5.91 Å². The van der Waals surface area contributed by atoms with E-state index >= 15 is 0 Å². The molecule has 0 bridgehead atoms. The lowest BCUT2D eigenvalue weighted by molar-refractivity contribution is 0.100. The highest BCUT2D eigenvalue weighted by atomic mass is 16.1. The number of aromatic nitrogens is 4. The smallest absolute Gasteiger partial charge is 0.253 e. The van der Waals surface area contributed by atoms with Gasteiger partial charge in [0, 0.05) is 31.7 Å². The maximum Gasteiger partial charge on any atom is 0.253 e. The largest absolute Gasteiger partial charge is 0.373 e. The number of benzene rings is 2. The van der Waals surface area contributed by atoms with Crippen LogP contribution < -0.4 is 10.6 Å². The second kappa shape index (κ2) is 10.2. The van der Waals surface area contributed by atoms with Crippen molar-refractivity contribution >= 4 is 33.7 Å². The average Bonchev–Trinajstić information content (AvgIpc) is 3.59. The summed E-state index contributed by atoms with van der Waals surface area (Å²) in [5.41, 5.74) is 12.9. The molecule has 0 atom stereocenters. The van der Waals surface area contributed by atoms with Crippen molar-refractivity contribution in [1.82, 2.24) is 24.4 Å². The number of amides is 1. The molecule has 1 aliphatic heterocycles. The maximum absolute atomic E-state index is 12.6. The van der Waals surface area contributed by atoms with Crippen molar-refractivity contribution < 1.29 is 4.79 Å². The van der Waals surface area contributed by atoms with E-state index in [2.05, 4.69) is 48.6 Å². The van der Waals surface area contributed by atoms with E-state index in [-0.39, 0.29) is 0 Å². The van der Waals surface area contributed by atoms with Crippen molar-refractivity contribution in [2.45, 2.75) is 57.4 Å². The summed E-state index contributed by atoms with van der Waals surface area (Å²) in [5, 5.41) is 0. The van der Waals surface area contributed by atoms with Crippen LogP contribution in [0, 0.1) is 0 Å². The highest BCUT2D eigenvalue weighted by Crippen LogP contribution is 2.37. The number of piperidine rings is 1. The quantitative estimate of drug-likeness (QED) is 0.369. The molecular weight excluding hydrogens is 462 g/mol. The van der Waals surface area contributed by atoms with Crippen molar-refractivity contribution in [3.05, 3.63) is 42.5 Å². The number of hydrogen-bond donors (Lipinski definition) is 2. The molecule has 6 rings (SSSR count). The third-order valence-corrected chi connectivity index (χ3v) is 8.39. The van der Waals surface area contributed by atoms with Crippen LogP contribution >= 0.6 is 0 Å². The number of nitrogens with two attached hydrogens (primary N) is 1. The van der Waals surface area contributed by atoms with Gasteiger partial charge in [-0.15, -0.1) is 0 Å². The minimum Gasteiger partial charge on any atom is -0.373 e. The molecule has 2 fully saturated rings. The van der Waals surface area contributed by atoms with Crippen LogP contribution in [0.1, 0.15) is 67.8 Å². The molecule has 0 radical (unpaired) electrons. The third-order valence-electron chi connectivity index (χ3n) is 8.39. The van der Waals surface area contributed by atoms with E-state index in [1.54, 1.807) is 6.33 Å². The fourth-order valence-corrected chi connectivity index (χ4v) is 6.31. The first-order chi connectivity index (χ1) is 18.1. The lowest BCUT2D eigenvalue weighted by atomic mass is 9.95. The number of hydrogen-bond acceptors (Lipinski definition) is 5. The van der Waals surface area contributed by atoms with Gasteiger partial charge in [0.1, 0.15) is 0 Å². The highest BCUT2D eigenvalue weighted by Gasteiger charge is 2.23. The number of aromatic amines is 1. The monoisotopic (exact) mass is 499 g/mol. The molecule has 1 saturated carbocycles. The zero-order chi connectivity index (χ0) is 25.4. The molecule has 0 unspecified atom stereocenters. The zero-order valence-electron chi connectivity index (χ0n) is 21.7. The first-order valence-corrected chi connectivity index (χ1v) is 13.8. The number of imidazole rings is 2. The number of likely N-dealkylation sites (tertiary alicyclic amines) is 1. The van der Waals surface area contributed by atoms with Gasteiger partial charge in [0.2, 0.25) is 0 Å². The van der Waals surface area contributed by atoms with Crippen molar-refractivity contribution in [1.29, 1.82) is 0 Å². The Morgan fingerprint density at radius 2 is 1.86 bits per heavy atom. The molecule has 1 aliphatic carbocycles. The number of likely N-dealkylation sites (N-methyl/N-ethyl adjacent to an activating group) is 1. The number of fused-ring (bicyclic) bond motifs is 2. The van der Waals surface area contributed by atoms with Crippen molar-refractivity contribution in [2.24, 2.45) is 5.73 Å². The van der Waals surface area contributed by atoms with Crippen molar-refractivity contribution in [3.63, 3.8) is 0 Å².